The van der Waals surface area contributed by atoms with Gasteiger partial charge in [0.2, 0.25) is 0 Å². The lowest BCUT2D eigenvalue weighted by molar-refractivity contribution is -0.143. The number of nitrogens with zero attached hydrogens (tertiary/aromatic N) is 2. The van der Waals surface area contributed by atoms with Crippen molar-refractivity contribution in [1.29, 1.82) is 0 Å². The van der Waals surface area contributed by atoms with Crippen molar-refractivity contribution in [1.82, 2.24) is 10.2 Å². The summed E-state index contributed by atoms with van der Waals surface area (Å²) in [7, 11) is 1.27. The lowest BCUT2D eigenvalue weighted by Gasteiger charge is -2.36. The lowest BCUT2D eigenvalue weighted by Crippen LogP contribution is -2.55. The van der Waals surface area contributed by atoms with E-state index in [0.29, 0.717) is 38.3 Å². The molecule has 9 heteroatoms. The molecule has 1 aliphatic rings. The van der Waals surface area contributed by atoms with Crippen LogP contribution in [0.3, 0.4) is 0 Å². The van der Waals surface area contributed by atoms with Crippen LogP contribution in [0.4, 0.5) is 23.7 Å². The number of alkyl halides is 3. The Hall–Kier alpha value is -2.45. The van der Waals surface area contributed by atoms with Crippen molar-refractivity contribution < 1.29 is 27.5 Å². The van der Waals surface area contributed by atoms with E-state index in [1.54, 1.807) is 11.0 Å². The Morgan fingerprint density at radius 3 is 2.36 bits per heavy atom. The van der Waals surface area contributed by atoms with Crippen LogP contribution in [0, 0.1) is 5.92 Å². The quantitative estimate of drug-likeness (QED) is 0.770. The number of anilines is 1. The fraction of sp³-hybridized carbons (Fsp3) is 0.579. The number of methoxy groups -OCH3 is 1. The molecule has 1 heterocycles. The van der Waals surface area contributed by atoms with Gasteiger partial charge in [0, 0.05) is 31.9 Å². The van der Waals surface area contributed by atoms with E-state index in [1.165, 1.54) is 13.2 Å². The van der Waals surface area contributed by atoms with Gasteiger partial charge in [0.05, 0.1) is 12.7 Å². The molecule has 0 aliphatic carbocycles. The first-order chi connectivity index (χ1) is 13.1. The van der Waals surface area contributed by atoms with Gasteiger partial charge in [-0.1, -0.05) is 19.9 Å². The first kappa shape index (κ1) is 21.8. The number of nitrogens with one attached hydrogen (secondary N) is 1. The molecule has 0 spiro atoms. The van der Waals surface area contributed by atoms with E-state index in [1.807, 2.05) is 18.7 Å². The maximum absolute atomic E-state index is 12.9. The monoisotopic (exact) mass is 401 g/mol. The number of carbonyl (C=O) groups is 2. The lowest BCUT2D eigenvalue weighted by atomic mass is 10.0. The van der Waals surface area contributed by atoms with Crippen molar-refractivity contribution in [3.05, 3.63) is 29.8 Å². The molecular formula is C19H26F3N3O3. The first-order valence-corrected chi connectivity index (χ1v) is 9.17. The summed E-state index contributed by atoms with van der Waals surface area (Å²) in [5.41, 5.74) is -0.220. The summed E-state index contributed by atoms with van der Waals surface area (Å²) in [6.07, 6.45) is -3.93. The molecule has 1 aromatic carbocycles. The second-order valence-electron chi connectivity index (χ2n) is 7.18. The predicted octanol–water partition coefficient (Wildman–Crippen LogP) is 3.12. The van der Waals surface area contributed by atoms with Gasteiger partial charge in [-0.05, 0) is 30.5 Å². The van der Waals surface area contributed by atoms with Crippen LogP contribution in [0.2, 0.25) is 0 Å². The van der Waals surface area contributed by atoms with Gasteiger partial charge in [-0.2, -0.15) is 13.2 Å². The van der Waals surface area contributed by atoms with E-state index >= 15 is 0 Å². The van der Waals surface area contributed by atoms with Crippen LogP contribution >= 0.6 is 0 Å². The van der Waals surface area contributed by atoms with Gasteiger partial charge in [0.15, 0.2) is 0 Å². The molecule has 1 aromatic rings. The Morgan fingerprint density at radius 1 is 1.18 bits per heavy atom. The fourth-order valence-electron chi connectivity index (χ4n) is 3.11. The molecule has 1 N–H and O–H groups in total. The highest BCUT2D eigenvalue weighted by Gasteiger charge is 2.31. The van der Waals surface area contributed by atoms with Crippen LogP contribution < -0.4 is 10.2 Å². The second-order valence-corrected chi connectivity index (χ2v) is 7.18. The molecule has 28 heavy (non-hydrogen) atoms. The molecule has 0 saturated carbocycles. The van der Waals surface area contributed by atoms with Gasteiger partial charge >= 0.3 is 18.2 Å². The molecule has 2 rings (SSSR count). The minimum absolute atomic E-state index is 0.196. The van der Waals surface area contributed by atoms with Gasteiger partial charge in [0.1, 0.15) is 6.04 Å². The zero-order valence-electron chi connectivity index (χ0n) is 16.3. The van der Waals surface area contributed by atoms with Crippen molar-refractivity contribution in [2.24, 2.45) is 5.92 Å². The number of halogens is 3. The van der Waals surface area contributed by atoms with Crippen LogP contribution in [0.15, 0.2) is 24.3 Å². The van der Waals surface area contributed by atoms with Crippen LogP contribution in [-0.2, 0) is 15.7 Å². The van der Waals surface area contributed by atoms with Gasteiger partial charge in [-0.15, -0.1) is 0 Å². The number of amides is 2. The summed E-state index contributed by atoms with van der Waals surface area (Å²) in [5, 5.41) is 2.70. The zero-order chi connectivity index (χ0) is 20.9. The molecule has 0 radical (unpaired) electrons. The third kappa shape index (κ3) is 5.77. The standard InChI is InChI=1S/C19H26F3N3O3/c1-13(2)11-16(17(26)28-3)23-18(27)25-9-7-24(8-10-25)15-6-4-5-14(12-15)19(20,21)22/h4-6,12-13,16H,7-11H2,1-3H3,(H,23,27)/t16-/m0/s1. The Balaban J connectivity index is 1.96. The second kappa shape index (κ2) is 9.16. The van der Waals surface area contributed by atoms with Crippen LogP contribution in [0.5, 0.6) is 0 Å². The van der Waals surface area contributed by atoms with E-state index < -0.39 is 23.8 Å². The predicted molar refractivity (Wildman–Crippen MR) is 99.0 cm³/mol. The van der Waals surface area contributed by atoms with Crippen molar-refractivity contribution >= 4 is 17.7 Å². The number of carbonyl (C=O) groups excluding carboxylic acids is 2. The number of urea groups is 1. The molecule has 0 unspecified atom stereocenters. The molecule has 2 amide bonds. The number of ether oxygens (including phenoxy) is 1. The summed E-state index contributed by atoms with van der Waals surface area (Å²) < 4.78 is 43.4. The third-order valence-corrected chi connectivity index (χ3v) is 4.60. The van der Waals surface area contributed by atoms with Crippen LogP contribution in [0.1, 0.15) is 25.8 Å². The summed E-state index contributed by atoms with van der Waals surface area (Å²) >= 11 is 0. The van der Waals surface area contributed by atoms with Gasteiger partial charge in [-0.3, -0.25) is 0 Å². The Labute approximate surface area is 162 Å². The number of rotatable bonds is 5. The zero-order valence-corrected chi connectivity index (χ0v) is 16.3. The molecule has 1 aliphatic heterocycles. The maximum Gasteiger partial charge on any atom is 0.416 e. The highest BCUT2D eigenvalue weighted by Crippen LogP contribution is 2.31. The number of esters is 1. The summed E-state index contributed by atoms with van der Waals surface area (Å²) in [5.74, 6) is -0.299. The molecule has 1 fully saturated rings. The van der Waals surface area contributed by atoms with Crippen molar-refractivity contribution in [2.45, 2.75) is 32.5 Å². The molecule has 0 aromatic heterocycles. The van der Waals surface area contributed by atoms with E-state index in [2.05, 4.69) is 5.32 Å². The maximum atomic E-state index is 12.9. The summed E-state index contributed by atoms with van der Waals surface area (Å²) in [6.45, 7) is 5.38. The molecule has 0 bridgehead atoms. The minimum Gasteiger partial charge on any atom is -0.467 e. The molecule has 1 atom stereocenters. The van der Waals surface area contributed by atoms with Gasteiger partial charge in [-0.25, -0.2) is 9.59 Å². The molecule has 6 nitrogen and oxygen atoms in total. The average Bonchev–Trinajstić information content (AvgIpc) is 2.66. The third-order valence-electron chi connectivity index (χ3n) is 4.60. The number of hydrogen-bond acceptors (Lipinski definition) is 4. The highest BCUT2D eigenvalue weighted by atomic mass is 19.4. The van der Waals surface area contributed by atoms with Crippen molar-refractivity contribution in [3.8, 4) is 0 Å². The molecule has 156 valence electrons. The van der Waals surface area contributed by atoms with Crippen molar-refractivity contribution in [2.75, 3.05) is 38.2 Å². The van der Waals surface area contributed by atoms with Crippen molar-refractivity contribution in [3.63, 3.8) is 0 Å². The van der Waals surface area contributed by atoms with Crippen LogP contribution in [0.25, 0.3) is 0 Å². The Kier molecular flexibility index (Phi) is 7.15. The summed E-state index contributed by atoms with van der Waals surface area (Å²) in [6, 6.07) is 4.06. The number of benzene rings is 1. The van der Waals surface area contributed by atoms with E-state index in [0.717, 1.165) is 12.1 Å². The number of hydrogen-bond donors (Lipinski definition) is 1. The Morgan fingerprint density at radius 2 is 1.82 bits per heavy atom. The van der Waals surface area contributed by atoms with Gasteiger partial charge < -0.3 is 19.9 Å². The topological polar surface area (TPSA) is 61.9 Å². The van der Waals surface area contributed by atoms with E-state index in [-0.39, 0.29) is 11.9 Å². The van der Waals surface area contributed by atoms with Crippen LogP contribution in [-0.4, -0.2) is 56.2 Å². The minimum atomic E-state index is -4.39. The first-order valence-electron chi connectivity index (χ1n) is 9.17. The van der Waals surface area contributed by atoms with Gasteiger partial charge in [0.25, 0.3) is 0 Å². The number of piperazine rings is 1. The Bertz CT molecular complexity index is 686. The smallest absolute Gasteiger partial charge is 0.416 e. The van der Waals surface area contributed by atoms with E-state index in [9.17, 15) is 22.8 Å². The highest BCUT2D eigenvalue weighted by molar-refractivity contribution is 5.83. The SMILES string of the molecule is COC(=O)[C@H](CC(C)C)NC(=O)N1CCN(c2cccc(C(F)(F)F)c2)CC1. The van der Waals surface area contributed by atoms with E-state index in [4.69, 9.17) is 4.74 Å². The average molecular weight is 401 g/mol. The molecular weight excluding hydrogens is 375 g/mol. The summed E-state index contributed by atoms with van der Waals surface area (Å²) in [4.78, 5) is 27.7. The largest absolute Gasteiger partial charge is 0.467 e. The fourth-order valence-corrected chi connectivity index (χ4v) is 3.11. The molecule has 1 saturated heterocycles. The normalized spacial score (nSPS) is 16.1.